The van der Waals surface area contributed by atoms with Gasteiger partial charge in [0.05, 0.1) is 0 Å². The molecule has 0 aliphatic heterocycles. The molecule has 0 bridgehead atoms. The summed E-state index contributed by atoms with van der Waals surface area (Å²) in [7, 11) is 0. The molecule has 2 rings (SSSR count). The van der Waals surface area contributed by atoms with Gasteiger partial charge in [-0.15, -0.1) is 10.2 Å². The van der Waals surface area contributed by atoms with Gasteiger partial charge in [-0.25, -0.2) is 0 Å². The van der Waals surface area contributed by atoms with Gasteiger partial charge in [0.1, 0.15) is 10.8 Å². The third-order valence-corrected chi connectivity index (χ3v) is 3.76. The Kier molecular flexibility index (Phi) is 4.90. The lowest BCUT2D eigenvalue weighted by molar-refractivity contribution is -0.118. The molecule has 0 fully saturated rings. The summed E-state index contributed by atoms with van der Waals surface area (Å²) in [6.45, 7) is 8.15. The first-order chi connectivity index (χ1) is 9.95. The highest BCUT2D eigenvalue weighted by atomic mass is 32.1. The van der Waals surface area contributed by atoms with Gasteiger partial charge in [-0.3, -0.25) is 10.1 Å². The van der Waals surface area contributed by atoms with Crippen molar-refractivity contribution in [2.24, 2.45) is 0 Å². The lowest BCUT2D eigenvalue weighted by Crippen LogP contribution is -2.20. The fourth-order valence-corrected chi connectivity index (χ4v) is 2.65. The Morgan fingerprint density at radius 3 is 2.67 bits per heavy atom. The lowest BCUT2D eigenvalue weighted by Gasteiger charge is -2.12. The summed E-state index contributed by atoms with van der Waals surface area (Å²) in [4.78, 5) is 11.8. The first-order valence-electron chi connectivity index (χ1n) is 6.79. The van der Waals surface area contributed by atoms with Crippen molar-refractivity contribution < 1.29 is 9.53 Å². The van der Waals surface area contributed by atoms with Gasteiger partial charge in [0.15, 0.2) is 6.61 Å². The molecular formula is C15H19N3O2S. The van der Waals surface area contributed by atoms with Crippen molar-refractivity contribution in [1.29, 1.82) is 0 Å². The second-order valence-electron chi connectivity index (χ2n) is 5.14. The van der Waals surface area contributed by atoms with Gasteiger partial charge in [0.2, 0.25) is 5.13 Å². The van der Waals surface area contributed by atoms with E-state index < -0.39 is 0 Å². The normalized spacial score (nSPS) is 10.7. The lowest BCUT2D eigenvalue weighted by atomic mass is 9.98. The van der Waals surface area contributed by atoms with E-state index in [0.29, 0.717) is 16.8 Å². The largest absolute Gasteiger partial charge is 0.484 e. The highest BCUT2D eigenvalue weighted by molar-refractivity contribution is 7.15. The molecule has 5 nitrogen and oxygen atoms in total. The summed E-state index contributed by atoms with van der Waals surface area (Å²) in [5.41, 5.74) is 2.46. The summed E-state index contributed by atoms with van der Waals surface area (Å²) < 4.78 is 5.51. The number of benzene rings is 1. The number of ether oxygens (including phenoxy) is 1. The fourth-order valence-electron chi connectivity index (χ4n) is 2.04. The van der Waals surface area contributed by atoms with Crippen LogP contribution in [0.3, 0.4) is 0 Å². The molecule has 0 aliphatic carbocycles. The molecule has 1 N–H and O–H groups in total. The Morgan fingerprint density at radius 1 is 1.33 bits per heavy atom. The van der Waals surface area contributed by atoms with Crippen molar-refractivity contribution in [3.8, 4) is 5.75 Å². The number of aryl methyl sites for hydroxylation is 2. The molecule has 0 saturated heterocycles. The van der Waals surface area contributed by atoms with Crippen molar-refractivity contribution in [2.75, 3.05) is 11.9 Å². The van der Waals surface area contributed by atoms with Gasteiger partial charge in [0, 0.05) is 0 Å². The Morgan fingerprint density at radius 2 is 2.10 bits per heavy atom. The van der Waals surface area contributed by atoms with E-state index in [1.54, 1.807) is 0 Å². The molecule has 0 unspecified atom stereocenters. The SMILES string of the molecule is Cc1nnc(NC(=O)COc2ccc(C(C)C)c(C)c2)s1. The van der Waals surface area contributed by atoms with Gasteiger partial charge < -0.3 is 4.74 Å². The van der Waals surface area contributed by atoms with Crippen LogP contribution in [-0.4, -0.2) is 22.7 Å². The average molecular weight is 305 g/mol. The van der Waals surface area contributed by atoms with E-state index in [0.717, 1.165) is 5.01 Å². The van der Waals surface area contributed by atoms with E-state index >= 15 is 0 Å². The number of carbonyl (C=O) groups excluding carboxylic acids is 1. The standard InChI is InChI=1S/C15H19N3O2S/c1-9(2)13-6-5-12(7-10(13)3)20-8-14(19)16-15-18-17-11(4)21-15/h5-7,9H,8H2,1-4H3,(H,16,18,19). The number of hydrogen-bond acceptors (Lipinski definition) is 5. The maximum atomic E-state index is 11.8. The summed E-state index contributed by atoms with van der Waals surface area (Å²) in [5, 5.41) is 11.6. The van der Waals surface area contributed by atoms with Crippen molar-refractivity contribution >= 4 is 22.4 Å². The number of carbonyl (C=O) groups is 1. The molecule has 1 amide bonds. The number of anilines is 1. The van der Waals surface area contributed by atoms with E-state index in [1.165, 1.54) is 22.5 Å². The molecule has 0 spiro atoms. The van der Waals surface area contributed by atoms with Crippen molar-refractivity contribution in [3.05, 3.63) is 34.3 Å². The van der Waals surface area contributed by atoms with Crippen LogP contribution in [0.15, 0.2) is 18.2 Å². The molecule has 112 valence electrons. The molecule has 0 radical (unpaired) electrons. The second-order valence-corrected chi connectivity index (χ2v) is 6.32. The predicted molar refractivity (Wildman–Crippen MR) is 84.0 cm³/mol. The van der Waals surface area contributed by atoms with Gasteiger partial charge in [-0.05, 0) is 43.0 Å². The van der Waals surface area contributed by atoms with E-state index in [4.69, 9.17) is 4.74 Å². The van der Waals surface area contributed by atoms with Crippen LogP contribution in [-0.2, 0) is 4.79 Å². The van der Waals surface area contributed by atoms with Crippen LogP contribution in [0, 0.1) is 13.8 Å². The zero-order chi connectivity index (χ0) is 15.4. The Bertz CT molecular complexity index is 638. The van der Waals surface area contributed by atoms with Gasteiger partial charge in [0.25, 0.3) is 5.91 Å². The number of amides is 1. The van der Waals surface area contributed by atoms with Crippen LogP contribution >= 0.6 is 11.3 Å². The van der Waals surface area contributed by atoms with Crippen LogP contribution in [0.1, 0.15) is 35.9 Å². The molecule has 21 heavy (non-hydrogen) atoms. The molecule has 1 aromatic carbocycles. The molecule has 1 aromatic heterocycles. The summed E-state index contributed by atoms with van der Waals surface area (Å²) in [5.74, 6) is 0.931. The Labute approximate surface area is 128 Å². The van der Waals surface area contributed by atoms with Crippen molar-refractivity contribution in [3.63, 3.8) is 0 Å². The molecule has 6 heteroatoms. The zero-order valence-electron chi connectivity index (χ0n) is 12.6. The topological polar surface area (TPSA) is 64.1 Å². The maximum Gasteiger partial charge on any atom is 0.264 e. The third-order valence-electron chi connectivity index (χ3n) is 3.01. The molecule has 2 aromatic rings. The van der Waals surface area contributed by atoms with Crippen molar-refractivity contribution in [1.82, 2.24) is 10.2 Å². The Balaban J connectivity index is 1.90. The van der Waals surface area contributed by atoms with Crippen LogP contribution in [0.5, 0.6) is 5.75 Å². The van der Waals surface area contributed by atoms with E-state index in [-0.39, 0.29) is 12.5 Å². The van der Waals surface area contributed by atoms with E-state index in [9.17, 15) is 4.79 Å². The number of nitrogens with one attached hydrogen (secondary N) is 1. The zero-order valence-corrected chi connectivity index (χ0v) is 13.5. The van der Waals surface area contributed by atoms with Gasteiger partial charge in [-0.1, -0.05) is 31.3 Å². The first kappa shape index (κ1) is 15.4. The molecular weight excluding hydrogens is 286 g/mol. The minimum Gasteiger partial charge on any atom is -0.484 e. The number of rotatable bonds is 5. The average Bonchev–Trinajstić information content (AvgIpc) is 2.81. The van der Waals surface area contributed by atoms with Crippen LogP contribution in [0.25, 0.3) is 0 Å². The molecule has 0 aliphatic rings. The van der Waals surface area contributed by atoms with Crippen LogP contribution < -0.4 is 10.1 Å². The fraction of sp³-hybridized carbons (Fsp3) is 0.400. The van der Waals surface area contributed by atoms with E-state index in [1.807, 2.05) is 32.0 Å². The monoisotopic (exact) mass is 305 g/mol. The molecule has 0 saturated carbocycles. The van der Waals surface area contributed by atoms with Crippen molar-refractivity contribution in [2.45, 2.75) is 33.6 Å². The quantitative estimate of drug-likeness (QED) is 0.920. The van der Waals surface area contributed by atoms with Crippen LogP contribution in [0.4, 0.5) is 5.13 Å². The maximum absolute atomic E-state index is 11.8. The number of hydrogen-bond donors (Lipinski definition) is 1. The van der Waals surface area contributed by atoms with Gasteiger partial charge >= 0.3 is 0 Å². The van der Waals surface area contributed by atoms with Gasteiger partial charge in [-0.2, -0.15) is 0 Å². The predicted octanol–water partition coefficient (Wildman–Crippen LogP) is 3.30. The summed E-state index contributed by atoms with van der Waals surface area (Å²) in [6.07, 6.45) is 0. The van der Waals surface area contributed by atoms with E-state index in [2.05, 4.69) is 29.4 Å². The summed E-state index contributed by atoms with van der Waals surface area (Å²) in [6, 6.07) is 5.89. The number of aromatic nitrogens is 2. The minimum absolute atomic E-state index is 0.0426. The second kappa shape index (κ2) is 6.67. The third kappa shape index (κ3) is 4.26. The number of nitrogens with zero attached hydrogens (tertiary/aromatic N) is 2. The highest BCUT2D eigenvalue weighted by Crippen LogP contribution is 2.23. The highest BCUT2D eigenvalue weighted by Gasteiger charge is 2.09. The first-order valence-corrected chi connectivity index (χ1v) is 7.60. The summed E-state index contributed by atoms with van der Waals surface area (Å²) >= 11 is 1.34. The minimum atomic E-state index is -0.239. The van der Waals surface area contributed by atoms with Crippen LogP contribution in [0.2, 0.25) is 0 Å². The molecule has 1 heterocycles. The smallest absolute Gasteiger partial charge is 0.264 e. The molecule has 0 atom stereocenters. The Hall–Kier alpha value is -1.95.